The summed E-state index contributed by atoms with van der Waals surface area (Å²) in [6.07, 6.45) is 3.83. The van der Waals surface area contributed by atoms with Gasteiger partial charge in [0.2, 0.25) is 0 Å². The molecule has 1 aromatic carbocycles. The Hall–Kier alpha value is -2.73. The first kappa shape index (κ1) is 19.6. The van der Waals surface area contributed by atoms with Gasteiger partial charge in [0.15, 0.2) is 5.78 Å². The van der Waals surface area contributed by atoms with E-state index in [9.17, 15) is 9.59 Å². The van der Waals surface area contributed by atoms with E-state index < -0.39 is 5.92 Å². The number of carbonyl (C=O) groups is 2. The number of ketones is 1. The Kier molecular flexibility index (Phi) is 5.37. The number of anilines is 1. The van der Waals surface area contributed by atoms with E-state index in [4.69, 9.17) is 0 Å². The minimum atomic E-state index is -0.402. The van der Waals surface area contributed by atoms with E-state index in [0.717, 1.165) is 39.8 Å². The van der Waals surface area contributed by atoms with Crippen molar-refractivity contribution in [1.29, 1.82) is 0 Å². The molecule has 0 fully saturated rings. The zero-order valence-electron chi connectivity index (χ0n) is 16.4. The van der Waals surface area contributed by atoms with Gasteiger partial charge in [0.05, 0.1) is 0 Å². The summed E-state index contributed by atoms with van der Waals surface area (Å²) in [5.74, 6) is -0.0439. The average molecular weight is 452 g/mol. The fraction of sp³-hybridized carbons (Fsp3) is 0.261. The van der Waals surface area contributed by atoms with Crippen molar-refractivity contribution in [3.05, 3.63) is 80.7 Å². The van der Waals surface area contributed by atoms with Crippen molar-refractivity contribution in [2.75, 3.05) is 5.32 Å². The van der Waals surface area contributed by atoms with Gasteiger partial charge in [-0.2, -0.15) is 0 Å². The van der Waals surface area contributed by atoms with Gasteiger partial charge in [-0.1, -0.05) is 28.1 Å². The topological polar surface area (TPSA) is 71.1 Å². The predicted molar refractivity (Wildman–Crippen MR) is 116 cm³/mol. The Balaban J connectivity index is 1.79. The first-order valence-corrected chi connectivity index (χ1v) is 10.5. The van der Waals surface area contributed by atoms with Crippen LogP contribution in [0.5, 0.6) is 0 Å². The number of nitrogens with zero attached hydrogens (tertiary/aromatic N) is 1. The Morgan fingerprint density at radius 3 is 2.79 bits per heavy atom. The summed E-state index contributed by atoms with van der Waals surface area (Å²) in [7, 11) is 0. The molecule has 1 amide bonds. The van der Waals surface area contributed by atoms with Crippen LogP contribution in [0.3, 0.4) is 0 Å². The highest BCUT2D eigenvalue weighted by Gasteiger charge is 2.38. The number of allylic oxidation sites excluding steroid dienone is 3. The van der Waals surface area contributed by atoms with Gasteiger partial charge in [-0.3, -0.25) is 9.59 Å². The molecular formula is C23H22BrN3O2. The number of pyridine rings is 1. The van der Waals surface area contributed by atoms with Crippen molar-refractivity contribution in [2.45, 2.75) is 39.0 Å². The van der Waals surface area contributed by atoms with Crippen LogP contribution in [0.25, 0.3) is 0 Å². The number of Topliss-reactive ketones (excluding diaryl/α,β-unsaturated/α-hetero) is 1. The lowest BCUT2D eigenvalue weighted by Crippen LogP contribution is -2.35. The smallest absolute Gasteiger partial charge is 0.255 e. The Labute approximate surface area is 178 Å². The largest absolute Gasteiger partial charge is 0.362 e. The summed E-state index contributed by atoms with van der Waals surface area (Å²) >= 11 is 3.52. The third-order valence-corrected chi connectivity index (χ3v) is 5.85. The van der Waals surface area contributed by atoms with E-state index in [0.29, 0.717) is 23.4 Å². The highest BCUT2D eigenvalue weighted by Crippen LogP contribution is 2.42. The van der Waals surface area contributed by atoms with Gasteiger partial charge in [-0.15, -0.1) is 0 Å². The molecule has 1 unspecified atom stereocenters. The third-order valence-electron chi connectivity index (χ3n) is 5.36. The van der Waals surface area contributed by atoms with Crippen LogP contribution in [0.4, 0.5) is 5.82 Å². The zero-order valence-corrected chi connectivity index (χ0v) is 18.0. The fourth-order valence-electron chi connectivity index (χ4n) is 4.09. The fourth-order valence-corrected chi connectivity index (χ4v) is 4.51. The third kappa shape index (κ3) is 3.90. The molecule has 148 valence electrons. The molecule has 1 aliphatic carbocycles. The summed E-state index contributed by atoms with van der Waals surface area (Å²) in [4.78, 5) is 30.5. The molecule has 1 aliphatic heterocycles. The molecular weight excluding hydrogens is 430 g/mol. The van der Waals surface area contributed by atoms with E-state index in [1.54, 1.807) is 6.20 Å². The minimum Gasteiger partial charge on any atom is -0.362 e. The van der Waals surface area contributed by atoms with Crippen molar-refractivity contribution >= 4 is 33.4 Å². The normalized spacial score (nSPS) is 19.0. The van der Waals surface area contributed by atoms with Gasteiger partial charge in [0.1, 0.15) is 5.82 Å². The van der Waals surface area contributed by atoms with Crippen LogP contribution in [0.1, 0.15) is 43.2 Å². The van der Waals surface area contributed by atoms with Gasteiger partial charge in [0.25, 0.3) is 5.91 Å². The molecule has 0 radical (unpaired) electrons. The average Bonchev–Trinajstić information content (AvgIpc) is 2.67. The highest BCUT2D eigenvalue weighted by molar-refractivity contribution is 9.10. The van der Waals surface area contributed by atoms with Crippen molar-refractivity contribution < 1.29 is 9.59 Å². The molecule has 2 aliphatic rings. The molecule has 1 atom stereocenters. The number of hydrogen-bond acceptors (Lipinski definition) is 4. The molecule has 2 N–H and O–H groups in total. The van der Waals surface area contributed by atoms with E-state index in [-0.39, 0.29) is 11.7 Å². The summed E-state index contributed by atoms with van der Waals surface area (Å²) < 4.78 is 0.914. The van der Waals surface area contributed by atoms with E-state index in [1.165, 1.54) is 0 Å². The van der Waals surface area contributed by atoms with Crippen LogP contribution >= 0.6 is 15.9 Å². The number of nitrogens with one attached hydrogen (secondary N) is 2. The van der Waals surface area contributed by atoms with Crippen molar-refractivity contribution in [3.63, 3.8) is 0 Å². The van der Waals surface area contributed by atoms with Gasteiger partial charge < -0.3 is 10.6 Å². The van der Waals surface area contributed by atoms with Crippen molar-refractivity contribution in [1.82, 2.24) is 10.3 Å². The highest BCUT2D eigenvalue weighted by atomic mass is 79.9. The maximum atomic E-state index is 13.3. The lowest BCUT2D eigenvalue weighted by molar-refractivity contribution is -0.116. The first-order valence-electron chi connectivity index (χ1n) is 9.67. The molecule has 2 aromatic rings. The molecule has 6 heteroatoms. The van der Waals surface area contributed by atoms with E-state index in [2.05, 4.69) is 31.5 Å². The number of dihydropyridines is 1. The number of carbonyl (C=O) groups excluding carboxylic acids is 2. The number of hydrogen-bond donors (Lipinski definition) is 2. The van der Waals surface area contributed by atoms with Crippen LogP contribution in [0.2, 0.25) is 0 Å². The monoisotopic (exact) mass is 451 g/mol. The van der Waals surface area contributed by atoms with Crippen LogP contribution in [-0.2, 0) is 9.59 Å². The van der Waals surface area contributed by atoms with Crippen LogP contribution in [0.15, 0.2) is 69.6 Å². The standard InChI is InChI=1S/C23H22BrN3O2/c1-13-9-10-25-19(11-13)27-23(29)20-14(2)26-17-7-4-8-18(28)22(17)21(20)15-5-3-6-16(24)12-15/h3,5-6,9-12,21,26H,4,7-8H2,1-2H3,(H,25,27,29). The number of benzene rings is 1. The molecule has 0 bridgehead atoms. The molecule has 4 rings (SSSR count). The van der Waals surface area contributed by atoms with Crippen molar-refractivity contribution in [2.24, 2.45) is 0 Å². The lowest BCUT2D eigenvalue weighted by atomic mass is 9.75. The quantitative estimate of drug-likeness (QED) is 0.705. The predicted octanol–water partition coefficient (Wildman–Crippen LogP) is 4.76. The van der Waals surface area contributed by atoms with E-state index in [1.807, 2.05) is 50.2 Å². The van der Waals surface area contributed by atoms with Crippen LogP contribution in [0, 0.1) is 6.92 Å². The SMILES string of the molecule is CC1=C(C(=O)Nc2cc(C)ccn2)C(c2cccc(Br)c2)C2=C(CCCC2=O)N1. The molecule has 0 spiro atoms. The lowest BCUT2D eigenvalue weighted by Gasteiger charge is -2.34. The Bertz CT molecular complexity index is 1070. The summed E-state index contributed by atoms with van der Waals surface area (Å²) in [6, 6.07) is 11.5. The second kappa shape index (κ2) is 7.95. The maximum absolute atomic E-state index is 13.3. The molecule has 1 aromatic heterocycles. The van der Waals surface area contributed by atoms with Crippen LogP contribution < -0.4 is 10.6 Å². The second-order valence-corrected chi connectivity index (χ2v) is 8.41. The minimum absolute atomic E-state index is 0.107. The number of aromatic nitrogens is 1. The molecule has 5 nitrogen and oxygen atoms in total. The van der Waals surface area contributed by atoms with E-state index >= 15 is 0 Å². The van der Waals surface area contributed by atoms with Gasteiger partial charge in [-0.25, -0.2) is 4.98 Å². The van der Waals surface area contributed by atoms with Gasteiger partial charge in [-0.05, 0) is 62.1 Å². The molecule has 0 saturated carbocycles. The second-order valence-electron chi connectivity index (χ2n) is 7.49. The zero-order chi connectivity index (χ0) is 20.5. The summed E-state index contributed by atoms with van der Waals surface area (Å²) in [5, 5.41) is 6.25. The number of rotatable bonds is 3. The summed E-state index contributed by atoms with van der Waals surface area (Å²) in [6.45, 7) is 3.85. The van der Waals surface area contributed by atoms with Crippen molar-refractivity contribution in [3.8, 4) is 0 Å². The number of amides is 1. The molecule has 0 saturated heterocycles. The number of halogens is 1. The van der Waals surface area contributed by atoms with Gasteiger partial charge in [0, 0.05) is 45.5 Å². The molecule has 29 heavy (non-hydrogen) atoms. The molecule has 2 heterocycles. The van der Waals surface area contributed by atoms with Crippen LogP contribution in [-0.4, -0.2) is 16.7 Å². The number of aryl methyl sites for hydroxylation is 1. The maximum Gasteiger partial charge on any atom is 0.255 e. The Morgan fingerprint density at radius 2 is 2.03 bits per heavy atom. The Morgan fingerprint density at radius 1 is 1.21 bits per heavy atom. The van der Waals surface area contributed by atoms with Gasteiger partial charge >= 0.3 is 0 Å². The summed E-state index contributed by atoms with van der Waals surface area (Å²) in [5.41, 5.74) is 4.91. The first-order chi connectivity index (χ1) is 13.9.